The second-order valence-electron chi connectivity index (χ2n) is 5.79. The van der Waals surface area contributed by atoms with E-state index in [0.29, 0.717) is 0 Å². The summed E-state index contributed by atoms with van der Waals surface area (Å²) in [7, 11) is 0. The van der Waals surface area contributed by atoms with Gasteiger partial charge in [-0.3, -0.25) is 0 Å². The fraction of sp³-hybridized carbons (Fsp3) is 0.714. The summed E-state index contributed by atoms with van der Waals surface area (Å²) in [5.41, 5.74) is 1.10. The van der Waals surface area contributed by atoms with Gasteiger partial charge in [0.15, 0.2) is 5.82 Å². The molecule has 0 aromatic carbocycles. The van der Waals surface area contributed by atoms with E-state index < -0.39 is 0 Å². The number of H-pyrrole nitrogens is 1. The lowest BCUT2D eigenvalue weighted by Gasteiger charge is -2.21. The molecular weight excluding hydrogens is 252 g/mol. The molecule has 6 nitrogen and oxygen atoms in total. The number of aromatic nitrogens is 6. The van der Waals surface area contributed by atoms with Crippen LogP contribution in [0.5, 0.6) is 0 Å². The molecule has 2 aromatic heterocycles. The van der Waals surface area contributed by atoms with Crippen LogP contribution in [0.25, 0.3) is 0 Å². The van der Waals surface area contributed by atoms with E-state index in [1.54, 1.807) is 0 Å². The van der Waals surface area contributed by atoms with E-state index in [2.05, 4.69) is 25.5 Å². The maximum absolute atomic E-state index is 4.33. The molecule has 3 rings (SSSR count). The molecule has 0 radical (unpaired) electrons. The average Bonchev–Trinajstić information content (AvgIpc) is 3.07. The zero-order valence-electron chi connectivity index (χ0n) is 12.0. The third-order valence-corrected chi connectivity index (χ3v) is 4.10. The number of tetrazole rings is 1. The number of rotatable bonds is 5. The smallest absolute Gasteiger partial charge is 0.151 e. The number of nitrogens with one attached hydrogen (secondary N) is 1. The number of hydrogen-bond donors (Lipinski definition) is 1. The van der Waals surface area contributed by atoms with Crippen LogP contribution in [0.2, 0.25) is 0 Å². The molecular formula is C14H22N6. The van der Waals surface area contributed by atoms with Gasteiger partial charge in [0.2, 0.25) is 0 Å². The van der Waals surface area contributed by atoms with Crippen molar-refractivity contribution in [2.24, 2.45) is 5.92 Å². The highest BCUT2D eigenvalue weighted by atomic mass is 15.5. The molecule has 108 valence electrons. The molecule has 1 fully saturated rings. The molecule has 1 aliphatic rings. The van der Waals surface area contributed by atoms with Crippen molar-refractivity contribution in [3.8, 4) is 0 Å². The Morgan fingerprint density at radius 3 is 2.85 bits per heavy atom. The summed E-state index contributed by atoms with van der Waals surface area (Å²) in [6.07, 6.45) is 10.3. The Kier molecular flexibility index (Phi) is 4.08. The summed E-state index contributed by atoms with van der Waals surface area (Å²) < 4.78 is 1.99. The Bertz CT molecular complexity index is 537. The van der Waals surface area contributed by atoms with Crippen molar-refractivity contribution < 1.29 is 0 Å². The van der Waals surface area contributed by atoms with Crippen LogP contribution in [0.3, 0.4) is 0 Å². The lowest BCUT2D eigenvalue weighted by molar-refractivity contribution is 0.302. The van der Waals surface area contributed by atoms with E-state index >= 15 is 0 Å². The summed E-state index contributed by atoms with van der Waals surface area (Å²) in [4.78, 5) is 7.58. The molecule has 0 amide bonds. The molecule has 0 saturated heterocycles. The number of hydrogen-bond acceptors (Lipinski definition) is 4. The van der Waals surface area contributed by atoms with Gasteiger partial charge in [-0.05, 0) is 36.1 Å². The molecule has 20 heavy (non-hydrogen) atoms. The standard InChI is InChI=1S/C14H22N6/c1-11-9-15-13(16-11)7-8-14-17-18-19-20(14)10-12-5-3-2-4-6-12/h9,12H,2-8,10H2,1H3,(H,15,16). The second-order valence-corrected chi connectivity index (χ2v) is 5.79. The Morgan fingerprint density at radius 1 is 1.25 bits per heavy atom. The third-order valence-electron chi connectivity index (χ3n) is 4.10. The fourth-order valence-electron chi connectivity index (χ4n) is 2.98. The van der Waals surface area contributed by atoms with Crippen molar-refractivity contribution in [3.63, 3.8) is 0 Å². The molecule has 2 aromatic rings. The van der Waals surface area contributed by atoms with Crippen molar-refractivity contribution in [2.45, 2.75) is 58.4 Å². The maximum atomic E-state index is 4.33. The Hall–Kier alpha value is -1.72. The minimum atomic E-state index is 0.747. The summed E-state index contributed by atoms with van der Waals surface area (Å²) in [5.74, 6) is 2.73. The topological polar surface area (TPSA) is 72.3 Å². The lowest BCUT2D eigenvalue weighted by atomic mass is 9.89. The van der Waals surface area contributed by atoms with Crippen molar-refractivity contribution >= 4 is 0 Å². The third kappa shape index (κ3) is 3.23. The molecule has 0 atom stereocenters. The van der Waals surface area contributed by atoms with Crippen LogP contribution in [0.1, 0.15) is 49.4 Å². The number of nitrogens with zero attached hydrogens (tertiary/aromatic N) is 5. The molecule has 1 saturated carbocycles. The molecule has 0 bridgehead atoms. The van der Waals surface area contributed by atoms with E-state index in [1.807, 2.05) is 17.8 Å². The summed E-state index contributed by atoms with van der Waals surface area (Å²) in [6, 6.07) is 0. The van der Waals surface area contributed by atoms with Gasteiger partial charge in [0.1, 0.15) is 5.82 Å². The SMILES string of the molecule is Cc1cnc(CCc2nnnn2CC2CCCCC2)[nH]1. The van der Waals surface area contributed by atoms with Gasteiger partial charge in [-0.15, -0.1) is 5.10 Å². The zero-order chi connectivity index (χ0) is 13.8. The van der Waals surface area contributed by atoms with E-state index in [9.17, 15) is 0 Å². The first-order valence-electron chi connectivity index (χ1n) is 7.57. The molecule has 1 N–H and O–H groups in total. The van der Waals surface area contributed by atoms with Gasteiger partial charge < -0.3 is 4.98 Å². The van der Waals surface area contributed by atoms with Crippen LogP contribution in [-0.2, 0) is 19.4 Å². The van der Waals surface area contributed by atoms with Crippen LogP contribution >= 0.6 is 0 Å². The van der Waals surface area contributed by atoms with Gasteiger partial charge in [-0.1, -0.05) is 19.3 Å². The highest BCUT2D eigenvalue weighted by molar-refractivity contribution is 5.00. The van der Waals surface area contributed by atoms with Crippen LogP contribution in [0.15, 0.2) is 6.20 Å². The second kappa shape index (κ2) is 6.15. The summed E-state index contributed by atoms with van der Waals surface area (Å²) >= 11 is 0. The minimum absolute atomic E-state index is 0.747. The summed E-state index contributed by atoms with van der Waals surface area (Å²) in [5, 5.41) is 12.2. The Labute approximate surface area is 119 Å². The monoisotopic (exact) mass is 274 g/mol. The molecule has 6 heteroatoms. The Balaban J connectivity index is 1.58. The van der Waals surface area contributed by atoms with Gasteiger partial charge in [0.25, 0.3) is 0 Å². The van der Waals surface area contributed by atoms with E-state index in [4.69, 9.17) is 0 Å². The summed E-state index contributed by atoms with van der Waals surface area (Å²) in [6.45, 7) is 2.99. The average molecular weight is 274 g/mol. The normalized spacial score (nSPS) is 16.6. The number of aromatic amines is 1. The van der Waals surface area contributed by atoms with Crippen LogP contribution in [-0.4, -0.2) is 30.2 Å². The van der Waals surface area contributed by atoms with Crippen molar-refractivity contribution in [2.75, 3.05) is 0 Å². The number of aryl methyl sites for hydroxylation is 3. The van der Waals surface area contributed by atoms with E-state index in [0.717, 1.165) is 42.6 Å². The van der Waals surface area contributed by atoms with Crippen LogP contribution in [0, 0.1) is 12.8 Å². The first-order chi connectivity index (χ1) is 9.81. The van der Waals surface area contributed by atoms with Crippen molar-refractivity contribution in [1.29, 1.82) is 0 Å². The first kappa shape index (κ1) is 13.3. The van der Waals surface area contributed by atoms with Crippen molar-refractivity contribution in [1.82, 2.24) is 30.2 Å². The van der Waals surface area contributed by atoms with Crippen LogP contribution in [0.4, 0.5) is 0 Å². The number of imidazole rings is 1. The van der Waals surface area contributed by atoms with Gasteiger partial charge in [0, 0.05) is 31.3 Å². The lowest BCUT2D eigenvalue weighted by Crippen LogP contribution is -2.17. The molecule has 1 aliphatic carbocycles. The molecule has 2 heterocycles. The van der Waals surface area contributed by atoms with Gasteiger partial charge >= 0.3 is 0 Å². The van der Waals surface area contributed by atoms with E-state index in [-0.39, 0.29) is 0 Å². The van der Waals surface area contributed by atoms with Gasteiger partial charge in [-0.2, -0.15) is 0 Å². The van der Waals surface area contributed by atoms with Crippen molar-refractivity contribution in [3.05, 3.63) is 23.5 Å². The maximum Gasteiger partial charge on any atom is 0.151 e. The van der Waals surface area contributed by atoms with Gasteiger partial charge in [-0.25, -0.2) is 9.67 Å². The molecule has 0 unspecified atom stereocenters. The Morgan fingerprint density at radius 2 is 2.10 bits per heavy atom. The highest BCUT2D eigenvalue weighted by Gasteiger charge is 2.16. The zero-order valence-corrected chi connectivity index (χ0v) is 12.0. The van der Waals surface area contributed by atoms with Crippen LogP contribution < -0.4 is 0 Å². The molecule has 0 aliphatic heterocycles. The van der Waals surface area contributed by atoms with E-state index in [1.165, 1.54) is 32.1 Å². The largest absolute Gasteiger partial charge is 0.346 e. The minimum Gasteiger partial charge on any atom is -0.346 e. The highest BCUT2D eigenvalue weighted by Crippen LogP contribution is 2.24. The predicted octanol–water partition coefficient (Wildman–Crippen LogP) is 2.07. The predicted molar refractivity (Wildman–Crippen MR) is 75.1 cm³/mol. The molecule has 0 spiro atoms. The quantitative estimate of drug-likeness (QED) is 0.906. The fourth-order valence-corrected chi connectivity index (χ4v) is 2.98. The van der Waals surface area contributed by atoms with Gasteiger partial charge in [0.05, 0.1) is 0 Å². The first-order valence-corrected chi connectivity index (χ1v) is 7.57.